The van der Waals surface area contributed by atoms with Crippen LogP contribution in [0.5, 0.6) is 0 Å². The first kappa shape index (κ1) is 14.4. The van der Waals surface area contributed by atoms with Gasteiger partial charge >= 0.3 is 5.97 Å². The summed E-state index contributed by atoms with van der Waals surface area (Å²) in [5.74, 6) is -0.427. The lowest BCUT2D eigenvalue weighted by Gasteiger charge is -2.09. The fourth-order valence-corrected chi connectivity index (χ4v) is 2.43. The molecule has 5 heteroatoms. The Labute approximate surface area is 107 Å². The number of rotatable bonds is 5. The molecule has 0 spiro atoms. The summed E-state index contributed by atoms with van der Waals surface area (Å²) < 4.78 is 28.8. The largest absolute Gasteiger partial charge is 0.458 e. The molecule has 1 aromatic rings. The van der Waals surface area contributed by atoms with Crippen molar-refractivity contribution in [2.45, 2.75) is 31.3 Å². The van der Waals surface area contributed by atoms with Gasteiger partial charge in [0, 0.05) is 12.3 Å². The number of hydrogen-bond acceptors (Lipinski definition) is 4. The van der Waals surface area contributed by atoms with Crippen molar-refractivity contribution in [3.8, 4) is 0 Å². The second-order valence-corrected chi connectivity index (χ2v) is 5.58. The molecule has 0 heterocycles. The molecular weight excluding hydrogens is 252 g/mol. The number of ether oxygens (including phenoxy) is 1. The van der Waals surface area contributed by atoms with Gasteiger partial charge in [-0.2, -0.15) is 0 Å². The zero-order chi connectivity index (χ0) is 13.6. The molecule has 98 valence electrons. The van der Waals surface area contributed by atoms with Gasteiger partial charge in [0.1, 0.15) is 6.10 Å². The van der Waals surface area contributed by atoms with Crippen LogP contribution < -0.4 is 0 Å². The molecule has 0 saturated heterocycles. The minimum absolute atomic E-state index is 0.221. The predicted molar refractivity (Wildman–Crippen MR) is 68.6 cm³/mol. The van der Waals surface area contributed by atoms with Crippen molar-refractivity contribution in [1.82, 2.24) is 0 Å². The van der Waals surface area contributed by atoms with E-state index in [1.807, 2.05) is 6.92 Å². The third-order valence-electron chi connectivity index (χ3n) is 2.26. The summed E-state index contributed by atoms with van der Waals surface area (Å²) in [6.45, 7) is 3.11. The van der Waals surface area contributed by atoms with Crippen LogP contribution in [0.3, 0.4) is 0 Å². The molecule has 4 nitrogen and oxygen atoms in total. The Hall–Kier alpha value is -1.62. The second-order valence-electron chi connectivity index (χ2n) is 3.74. The topological polar surface area (TPSA) is 60.4 Å². The van der Waals surface area contributed by atoms with Crippen LogP contribution in [0.4, 0.5) is 0 Å². The fourth-order valence-electron chi connectivity index (χ4n) is 1.35. The van der Waals surface area contributed by atoms with Crippen molar-refractivity contribution in [3.63, 3.8) is 0 Å². The molecule has 0 saturated carbocycles. The average Bonchev–Trinajstić information content (AvgIpc) is 2.35. The van der Waals surface area contributed by atoms with Crippen LogP contribution in [-0.2, 0) is 19.4 Å². The van der Waals surface area contributed by atoms with Gasteiger partial charge in [-0.15, -0.1) is 0 Å². The van der Waals surface area contributed by atoms with Crippen molar-refractivity contribution in [3.05, 3.63) is 41.8 Å². The van der Waals surface area contributed by atoms with Crippen LogP contribution in [0.15, 0.2) is 46.7 Å². The summed E-state index contributed by atoms with van der Waals surface area (Å²) in [6.07, 6.45) is 1.41. The molecule has 0 radical (unpaired) electrons. The fraction of sp³-hybridized carbons (Fsp3) is 0.308. The molecular formula is C13H16O4S. The highest BCUT2D eigenvalue weighted by atomic mass is 32.2. The van der Waals surface area contributed by atoms with Gasteiger partial charge in [-0.25, -0.2) is 8.42 Å². The summed E-state index contributed by atoms with van der Waals surface area (Å²) in [5.41, 5.74) is 0. The van der Waals surface area contributed by atoms with E-state index < -0.39 is 21.9 Å². The van der Waals surface area contributed by atoms with E-state index in [1.54, 1.807) is 18.2 Å². The monoisotopic (exact) mass is 268 g/mol. The molecule has 1 aromatic carbocycles. The Bertz CT molecular complexity index is 517. The molecule has 1 rings (SSSR count). The van der Waals surface area contributed by atoms with Gasteiger partial charge in [0.15, 0.2) is 9.84 Å². The molecule has 0 aromatic heterocycles. The quantitative estimate of drug-likeness (QED) is 0.769. The molecule has 0 aliphatic heterocycles. The van der Waals surface area contributed by atoms with Crippen LogP contribution in [0.2, 0.25) is 0 Å². The van der Waals surface area contributed by atoms with Crippen LogP contribution in [0.25, 0.3) is 0 Å². The van der Waals surface area contributed by atoms with Crippen molar-refractivity contribution in [2.75, 3.05) is 0 Å². The Balaban J connectivity index is 2.85. The van der Waals surface area contributed by atoms with E-state index in [2.05, 4.69) is 0 Å². The van der Waals surface area contributed by atoms with Gasteiger partial charge in [0.05, 0.1) is 4.90 Å². The molecule has 18 heavy (non-hydrogen) atoms. The van der Waals surface area contributed by atoms with E-state index in [0.717, 1.165) is 5.41 Å². The molecule has 0 unspecified atom stereocenters. The van der Waals surface area contributed by atoms with Gasteiger partial charge in [-0.05, 0) is 24.6 Å². The Morgan fingerprint density at radius 2 is 1.94 bits per heavy atom. The van der Waals surface area contributed by atoms with Gasteiger partial charge < -0.3 is 4.74 Å². The zero-order valence-electron chi connectivity index (χ0n) is 10.4. The highest BCUT2D eigenvalue weighted by Crippen LogP contribution is 2.12. The van der Waals surface area contributed by atoms with E-state index in [0.29, 0.717) is 6.42 Å². The summed E-state index contributed by atoms with van der Waals surface area (Å²) in [7, 11) is -3.47. The van der Waals surface area contributed by atoms with E-state index in [9.17, 15) is 13.2 Å². The summed E-state index contributed by atoms with van der Waals surface area (Å²) >= 11 is 0. The molecule has 0 aliphatic rings. The maximum atomic E-state index is 11.9. The Morgan fingerprint density at radius 3 is 2.44 bits per heavy atom. The first-order valence-electron chi connectivity index (χ1n) is 5.61. The minimum atomic E-state index is -3.47. The SMILES string of the molecule is CC[C@H](/C=C/S(=O)(=O)c1ccccc1)OC(C)=O. The van der Waals surface area contributed by atoms with Crippen molar-refractivity contribution < 1.29 is 17.9 Å². The third-order valence-corrected chi connectivity index (χ3v) is 3.71. The lowest BCUT2D eigenvalue weighted by molar-refractivity contribution is -0.144. The first-order valence-corrected chi connectivity index (χ1v) is 7.16. The number of carbonyl (C=O) groups excluding carboxylic acids is 1. The molecule has 0 amide bonds. The number of hydrogen-bond donors (Lipinski definition) is 0. The van der Waals surface area contributed by atoms with E-state index in [-0.39, 0.29) is 4.90 Å². The highest BCUT2D eigenvalue weighted by Gasteiger charge is 2.11. The van der Waals surface area contributed by atoms with Crippen LogP contribution in [0.1, 0.15) is 20.3 Å². The van der Waals surface area contributed by atoms with E-state index >= 15 is 0 Å². The molecule has 0 bridgehead atoms. The molecule has 0 fully saturated rings. The molecule has 1 atom stereocenters. The number of benzene rings is 1. The standard InChI is InChI=1S/C13H16O4S/c1-3-12(17-11(2)14)9-10-18(15,16)13-7-5-4-6-8-13/h4-10,12H,3H2,1-2H3/b10-9+/t12-/m1/s1. The summed E-state index contributed by atoms with van der Waals surface area (Å²) in [4.78, 5) is 11.0. The zero-order valence-corrected chi connectivity index (χ0v) is 11.2. The van der Waals surface area contributed by atoms with Crippen molar-refractivity contribution in [2.24, 2.45) is 0 Å². The molecule has 0 aliphatic carbocycles. The Morgan fingerprint density at radius 1 is 1.33 bits per heavy atom. The van der Waals surface area contributed by atoms with Crippen LogP contribution >= 0.6 is 0 Å². The minimum Gasteiger partial charge on any atom is -0.458 e. The average molecular weight is 268 g/mol. The summed E-state index contributed by atoms with van der Waals surface area (Å²) in [6, 6.07) is 8.10. The number of sulfone groups is 1. The predicted octanol–water partition coefficient (Wildman–Crippen LogP) is 2.32. The summed E-state index contributed by atoms with van der Waals surface area (Å²) in [5, 5.41) is 1.08. The van der Waals surface area contributed by atoms with Crippen LogP contribution in [-0.4, -0.2) is 20.5 Å². The van der Waals surface area contributed by atoms with Gasteiger partial charge in [0.2, 0.25) is 0 Å². The van der Waals surface area contributed by atoms with Gasteiger partial charge in [0.25, 0.3) is 0 Å². The maximum absolute atomic E-state index is 11.9. The number of carbonyl (C=O) groups is 1. The van der Waals surface area contributed by atoms with Gasteiger partial charge in [-0.1, -0.05) is 25.1 Å². The van der Waals surface area contributed by atoms with Crippen LogP contribution in [0, 0.1) is 0 Å². The third kappa shape index (κ3) is 4.33. The van der Waals surface area contributed by atoms with E-state index in [4.69, 9.17) is 4.74 Å². The lowest BCUT2D eigenvalue weighted by atomic mass is 10.3. The number of esters is 1. The normalized spacial score (nSPS) is 13.4. The lowest BCUT2D eigenvalue weighted by Crippen LogP contribution is -2.12. The maximum Gasteiger partial charge on any atom is 0.303 e. The van der Waals surface area contributed by atoms with Crippen molar-refractivity contribution >= 4 is 15.8 Å². The Kier molecular flexibility index (Phi) is 5.09. The first-order chi connectivity index (χ1) is 8.45. The molecule has 0 N–H and O–H groups in total. The van der Waals surface area contributed by atoms with Crippen molar-refractivity contribution in [1.29, 1.82) is 0 Å². The van der Waals surface area contributed by atoms with Gasteiger partial charge in [-0.3, -0.25) is 4.79 Å². The highest BCUT2D eigenvalue weighted by molar-refractivity contribution is 7.94. The van der Waals surface area contributed by atoms with E-state index in [1.165, 1.54) is 25.1 Å². The smallest absolute Gasteiger partial charge is 0.303 e. The second kappa shape index (κ2) is 6.35.